The maximum Gasteiger partial charge on any atom is 0.265 e. The lowest BCUT2D eigenvalue weighted by atomic mass is 10.1. The minimum absolute atomic E-state index is 0.299. The van der Waals surface area contributed by atoms with E-state index in [4.69, 9.17) is 10.6 Å². The summed E-state index contributed by atoms with van der Waals surface area (Å²) in [5.74, 6) is 5.67. The fraction of sp³-hybridized carbons (Fsp3) is 0.188. The van der Waals surface area contributed by atoms with Crippen molar-refractivity contribution in [1.29, 1.82) is 0 Å². The largest absolute Gasteiger partial charge is 0.489 e. The van der Waals surface area contributed by atoms with Crippen molar-refractivity contribution < 1.29 is 9.53 Å². The number of benzene rings is 2. The Balaban J connectivity index is 2.04. The van der Waals surface area contributed by atoms with Gasteiger partial charge >= 0.3 is 0 Å². The molecule has 2 aromatic carbocycles. The third-order valence-corrected chi connectivity index (χ3v) is 3.09. The Bertz CT molecular complexity index is 606. The van der Waals surface area contributed by atoms with Gasteiger partial charge in [0.1, 0.15) is 12.4 Å². The van der Waals surface area contributed by atoms with E-state index in [1.807, 2.05) is 38.1 Å². The predicted molar refractivity (Wildman–Crippen MR) is 78.3 cm³/mol. The second-order valence-corrected chi connectivity index (χ2v) is 4.73. The van der Waals surface area contributed by atoms with E-state index in [1.54, 1.807) is 12.1 Å². The molecule has 2 rings (SSSR count). The van der Waals surface area contributed by atoms with E-state index >= 15 is 0 Å². The number of ether oxygens (including phenoxy) is 1. The van der Waals surface area contributed by atoms with Crippen molar-refractivity contribution in [3.8, 4) is 5.75 Å². The van der Waals surface area contributed by atoms with E-state index in [9.17, 15) is 4.79 Å². The zero-order valence-corrected chi connectivity index (χ0v) is 11.6. The van der Waals surface area contributed by atoms with Crippen LogP contribution in [0.3, 0.4) is 0 Å². The number of hydrogen-bond donors (Lipinski definition) is 2. The second-order valence-electron chi connectivity index (χ2n) is 4.73. The van der Waals surface area contributed by atoms with Gasteiger partial charge in [-0.15, -0.1) is 0 Å². The molecule has 0 aromatic heterocycles. The fourth-order valence-electron chi connectivity index (χ4n) is 1.86. The first-order valence-corrected chi connectivity index (χ1v) is 6.40. The molecule has 4 nitrogen and oxygen atoms in total. The van der Waals surface area contributed by atoms with E-state index in [2.05, 4.69) is 11.5 Å². The first-order chi connectivity index (χ1) is 9.60. The lowest BCUT2D eigenvalue weighted by molar-refractivity contribution is 0.0953. The smallest absolute Gasteiger partial charge is 0.265 e. The summed E-state index contributed by atoms with van der Waals surface area (Å²) in [6.45, 7) is 4.52. The zero-order valence-electron chi connectivity index (χ0n) is 11.6. The maximum absolute atomic E-state index is 11.3. The van der Waals surface area contributed by atoms with Crippen molar-refractivity contribution in [3.63, 3.8) is 0 Å². The molecule has 0 bridgehead atoms. The van der Waals surface area contributed by atoms with Gasteiger partial charge in [-0.2, -0.15) is 0 Å². The van der Waals surface area contributed by atoms with Crippen molar-refractivity contribution in [3.05, 3.63) is 64.7 Å². The molecular weight excluding hydrogens is 252 g/mol. The summed E-state index contributed by atoms with van der Waals surface area (Å²) < 4.78 is 5.81. The normalized spacial score (nSPS) is 10.2. The van der Waals surface area contributed by atoms with Crippen molar-refractivity contribution in [2.75, 3.05) is 0 Å². The second kappa shape index (κ2) is 6.21. The molecule has 0 heterocycles. The number of amides is 1. The summed E-state index contributed by atoms with van der Waals surface area (Å²) in [5, 5.41) is 0. The monoisotopic (exact) mass is 270 g/mol. The van der Waals surface area contributed by atoms with Gasteiger partial charge < -0.3 is 4.74 Å². The number of nitrogen functional groups attached to an aromatic ring is 1. The van der Waals surface area contributed by atoms with Crippen molar-refractivity contribution >= 4 is 5.91 Å². The van der Waals surface area contributed by atoms with Crippen LogP contribution >= 0.6 is 0 Å². The Labute approximate surface area is 118 Å². The highest BCUT2D eigenvalue weighted by Crippen LogP contribution is 2.20. The molecule has 0 radical (unpaired) electrons. The SMILES string of the molecule is Cc1ccc(C)c(OCc2ccc(C(=O)NN)cc2)c1. The van der Waals surface area contributed by atoms with Crippen molar-refractivity contribution in [2.24, 2.45) is 5.84 Å². The lowest BCUT2D eigenvalue weighted by Gasteiger charge is -2.10. The van der Waals surface area contributed by atoms with Gasteiger partial charge in [0, 0.05) is 5.56 Å². The van der Waals surface area contributed by atoms with Crippen LogP contribution in [-0.2, 0) is 6.61 Å². The number of nitrogens with one attached hydrogen (secondary N) is 1. The highest BCUT2D eigenvalue weighted by Gasteiger charge is 2.04. The standard InChI is InChI=1S/C16H18N2O2/c1-11-3-4-12(2)15(9-11)20-10-13-5-7-14(8-6-13)16(19)18-17/h3-9H,10,17H2,1-2H3,(H,18,19). The van der Waals surface area contributed by atoms with Gasteiger partial charge in [-0.3, -0.25) is 10.2 Å². The highest BCUT2D eigenvalue weighted by molar-refractivity contribution is 5.93. The molecule has 4 heteroatoms. The first-order valence-electron chi connectivity index (χ1n) is 6.40. The number of aryl methyl sites for hydroxylation is 2. The average Bonchev–Trinajstić information content (AvgIpc) is 2.48. The Morgan fingerprint density at radius 3 is 2.50 bits per heavy atom. The third kappa shape index (κ3) is 3.36. The Hall–Kier alpha value is -2.33. The summed E-state index contributed by atoms with van der Waals surface area (Å²) in [6, 6.07) is 13.3. The number of carbonyl (C=O) groups excluding carboxylic acids is 1. The van der Waals surface area contributed by atoms with Gasteiger partial charge in [0.15, 0.2) is 0 Å². The summed E-state index contributed by atoms with van der Waals surface area (Å²) in [5.41, 5.74) is 5.91. The molecule has 0 unspecified atom stereocenters. The van der Waals surface area contributed by atoms with E-state index in [0.29, 0.717) is 12.2 Å². The quantitative estimate of drug-likeness (QED) is 0.509. The molecule has 0 saturated heterocycles. The maximum atomic E-state index is 11.3. The van der Waals surface area contributed by atoms with Crippen LogP contribution in [0.5, 0.6) is 5.75 Å². The van der Waals surface area contributed by atoms with Crippen LogP contribution in [0.15, 0.2) is 42.5 Å². The molecule has 0 saturated carbocycles. The van der Waals surface area contributed by atoms with Crippen molar-refractivity contribution in [1.82, 2.24) is 5.43 Å². The minimum atomic E-state index is -0.299. The third-order valence-electron chi connectivity index (χ3n) is 3.09. The predicted octanol–water partition coefficient (Wildman–Crippen LogP) is 2.49. The van der Waals surface area contributed by atoms with Gasteiger partial charge in [-0.25, -0.2) is 5.84 Å². The average molecular weight is 270 g/mol. The summed E-state index contributed by atoms with van der Waals surface area (Å²) in [7, 11) is 0. The molecule has 0 atom stereocenters. The number of rotatable bonds is 4. The van der Waals surface area contributed by atoms with Gasteiger partial charge in [-0.1, -0.05) is 24.3 Å². The van der Waals surface area contributed by atoms with Crippen LogP contribution in [0, 0.1) is 13.8 Å². The van der Waals surface area contributed by atoms with E-state index in [0.717, 1.165) is 16.9 Å². The molecule has 2 aromatic rings. The van der Waals surface area contributed by atoms with Gasteiger partial charge in [-0.05, 0) is 48.7 Å². The Morgan fingerprint density at radius 2 is 1.85 bits per heavy atom. The number of carbonyl (C=O) groups is 1. The molecule has 0 aliphatic rings. The number of nitrogens with two attached hydrogens (primary N) is 1. The number of hydrogen-bond acceptors (Lipinski definition) is 3. The minimum Gasteiger partial charge on any atom is -0.489 e. The van der Waals surface area contributed by atoms with E-state index in [1.165, 1.54) is 5.56 Å². The molecule has 0 aliphatic heterocycles. The van der Waals surface area contributed by atoms with Crippen LogP contribution in [0.1, 0.15) is 27.0 Å². The summed E-state index contributed by atoms with van der Waals surface area (Å²) in [4.78, 5) is 11.3. The van der Waals surface area contributed by atoms with Crippen LogP contribution in [-0.4, -0.2) is 5.91 Å². The molecular formula is C16H18N2O2. The summed E-state index contributed by atoms with van der Waals surface area (Å²) >= 11 is 0. The fourth-order valence-corrected chi connectivity index (χ4v) is 1.86. The zero-order chi connectivity index (χ0) is 14.5. The molecule has 20 heavy (non-hydrogen) atoms. The molecule has 1 amide bonds. The van der Waals surface area contributed by atoms with Crippen LogP contribution in [0.2, 0.25) is 0 Å². The summed E-state index contributed by atoms with van der Waals surface area (Å²) in [6.07, 6.45) is 0. The Morgan fingerprint density at radius 1 is 1.15 bits per heavy atom. The molecule has 104 valence electrons. The highest BCUT2D eigenvalue weighted by atomic mass is 16.5. The van der Waals surface area contributed by atoms with E-state index < -0.39 is 0 Å². The molecule has 3 N–H and O–H groups in total. The van der Waals surface area contributed by atoms with Crippen LogP contribution in [0.25, 0.3) is 0 Å². The van der Waals surface area contributed by atoms with Gasteiger partial charge in [0.05, 0.1) is 0 Å². The lowest BCUT2D eigenvalue weighted by Crippen LogP contribution is -2.29. The molecule has 0 fully saturated rings. The van der Waals surface area contributed by atoms with Crippen LogP contribution < -0.4 is 16.0 Å². The van der Waals surface area contributed by atoms with Gasteiger partial charge in [0.2, 0.25) is 0 Å². The van der Waals surface area contributed by atoms with Crippen molar-refractivity contribution in [2.45, 2.75) is 20.5 Å². The van der Waals surface area contributed by atoms with Crippen LogP contribution in [0.4, 0.5) is 0 Å². The molecule has 0 spiro atoms. The number of hydrazine groups is 1. The Kier molecular flexibility index (Phi) is 4.38. The van der Waals surface area contributed by atoms with E-state index in [-0.39, 0.29) is 5.91 Å². The van der Waals surface area contributed by atoms with Gasteiger partial charge in [0.25, 0.3) is 5.91 Å². The topological polar surface area (TPSA) is 64.3 Å². The first kappa shape index (κ1) is 14.1. The molecule has 0 aliphatic carbocycles.